The van der Waals surface area contributed by atoms with Crippen molar-refractivity contribution in [1.29, 1.82) is 0 Å². The molecule has 0 atom stereocenters. The van der Waals surface area contributed by atoms with Crippen molar-refractivity contribution >= 4 is 11.6 Å². The van der Waals surface area contributed by atoms with E-state index in [2.05, 4.69) is 0 Å². The molecule has 0 heterocycles. The Balaban J connectivity index is 1.79. The molecule has 0 aromatic heterocycles. The van der Waals surface area contributed by atoms with Gasteiger partial charge in [-0.25, -0.2) is 0 Å². The van der Waals surface area contributed by atoms with Gasteiger partial charge in [-0.15, -0.1) is 0 Å². The standard InChI is InChI=1S/C15H24O2/c16-14(11-12-7-3-1-4-8-12)15(17)13-9-5-2-6-10-13/h12-13H,1-11H2. The first kappa shape index (κ1) is 12.8. The number of carbonyl (C=O) groups excluding carboxylic acids is 2. The molecule has 96 valence electrons. The third kappa shape index (κ3) is 3.65. The Labute approximate surface area is 104 Å². The third-order valence-electron chi connectivity index (χ3n) is 4.45. The van der Waals surface area contributed by atoms with Crippen molar-refractivity contribution < 1.29 is 9.59 Å². The van der Waals surface area contributed by atoms with Crippen LogP contribution in [0.2, 0.25) is 0 Å². The Kier molecular flexibility index (Phi) is 4.75. The molecule has 0 radical (unpaired) electrons. The monoisotopic (exact) mass is 236 g/mol. The van der Waals surface area contributed by atoms with E-state index in [-0.39, 0.29) is 17.5 Å². The van der Waals surface area contributed by atoms with Crippen molar-refractivity contribution in [2.24, 2.45) is 11.8 Å². The molecule has 0 bridgehead atoms. The summed E-state index contributed by atoms with van der Waals surface area (Å²) in [6.45, 7) is 0. The second-order valence-corrected chi connectivity index (χ2v) is 5.83. The number of rotatable bonds is 4. The van der Waals surface area contributed by atoms with Crippen LogP contribution in [0.25, 0.3) is 0 Å². The molecule has 0 saturated heterocycles. The molecule has 0 spiro atoms. The van der Waals surface area contributed by atoms with E-state index in [1.807, 2.05) is 0 Å². The molecule has 2 fully saturated rings. The van der Waals surface area contributed by atoms with Crippen LogP contribution in [0.4, 0.5) is 0 Å². The minimum Gasteiger partial charge on any atom is -0.291 e. The summed E-state index contributed by atoms with van der Waals surface area (Å²) in [7, 11) is 0. The summed E-state index contributed by atoms with van der Waals surface area (Å²) in [4.78, 5) is 24.0. The molecule has 2 aliphatic carbocycles. The highest BCUT2D eigenvalue weighted by molar-refractivity contribution is 6.38. The van der Waals surface area contributed by atoms with Crippen molar-refractivity contribution in [2.75, 3.05) is 0 Å². The van der Waals surface area contributed by atoms with Crippen LogP contribution in [0, 0.1) is 11.8 Å². The highest BCUT2D eigenvalue weighted by Crippen LogP contribution is 2.29. The van der Waals surface area contributed by atoms with Crippen LogP contribution in [0.3, 0.4) is 0 Å². The van der Waals surface area contributed by atoms with E-state index in [0.717, 1.165) is 38.5 Å². The minimum absolute atomic E-state index is 0.0460. The predicted molar refractivity (Wildman–Crippen MR) is 67.8 cm³/mol. The lowest BCUT2D eigenvalue weighted by molar-refractivity contribution is -0.140. The van der Waals surface area contributed by atoms with Crippen molar-refractivity contribution in [3.8, 4) is 0 Å². The fourth-order valence-corrected chi connectivity index (χ4v) is 3.35. The first-order valence-electron chi connectivity index (χ1n) is 7.34. The van der Waals surface area contributed by atoms with Crippen LogP contribution in [0.15, 0.2) is 0 Å². The van der Waals surface area contributed by atoms with Crippen LogP contribution in [-0.4, -0.2) is 11.6 Å². The Morgan fingerprint density at radius 2 is 1.29 bits per heavy atom. The average Bonchev–Trinajstić information content (AvgIpc) is 2.40. The minimum atomic E-state index is -0.0659. The zero-order valence-corrected chi connectivity index (χ0v) is 10.7. The number of hydrogen-bond acceptors (Lipinski definition) is 2. The second-order valence-electron chi connectivity index (χ2n) is 5.83. The Hall–Kier alpha value is -0.660. The summed E-state index contributed by atoms with van der Waals surface area (Å²) >= 11 is 0. The lowest BCUT2D eigenvalue weighted by Crippen LogP contribution is -2.27. The van der Waals surface area contributed by atoms with E-state index < -0.39 is 0 Å². The molecule has 0 aromatic carbocycles. The average molecular weight is 236 g/mol. The fraction of sp³-hybridized carbons (Fsp3) is 0.867. The highest BCUT2D eigenvalue weighted by Gasteiger charge is 2.28. The van der Waals surface area contributed by atoms with Gasteiger partial charge in [0.25, 0.3) is 0 Å². The van der Waals surface area contributed by atoms with Gasteiger partial charge >= 0.3 is 0 Å². The summed E-state index contributed by atoms with van der Waals surface area (Å²) in [5.74, 6) is 0.461. The summed E-state index contributed by atoms with van der Waals surface area (Å²) in [5.41, 5.74) is 0. The lowest BCUT2D eigenvalue weighted by atomic mass is 9.81. The second kappa shape index (κ2) is 6.32. The van der Waals surface area contributed by atoms with Gasteiger partial charge in [0, 0.05) is 12.3 Å². The smallest absolute Gasteiger partial charge is 0.201 e. The van der Waals surface area contributed by atoms with E-state index in [1.54, 1.807) is 0 Å². The van der Waals surface area contributed by atoms with Gasteiger partial charge in [0.1, 0.15) is 0 Å². The summed E-state index contributed by atoms with van der Waals surface area (Å²) < 4.78 is 0. The molecular weight excluding hydrogens is 212 g/mol. The van der Waals surface area contributed by atoms with Crippen LogP contribution in [0.5, 0.6) is 0 Å². The molecule has 0 unspecified atom stereocenters. The molecule has 2 saturated carbocycles. The molecule has 0 N–H and O–H groups in total. The highest BCUT2D eigenvalue weighted by atomic mass is 16.2. The van der Waals surface area contributed by atoms with Gasteiger partial charge in [-0.2, -0.15) is 0 Å². The largest absolute Gasteiger partial charge is 0.291 e. The zero-order valence-electron chi connectivity index (χ0n) is 10.7. The predicted octanol–water partition coefficient (Wildman–Crippen LogP) is 3.68. The molecule has 2 aliphatic rings. The SMILES string of the molecule is O=C(CC1CCCCC1)C(=O)C1CCCCC1. The third-order valence-corrected chi connectivity index (χ3v) is 4.45. The van der Waals surface area contributed by atoms with E-state index >= 15 is 0 Å². The molecule has 0 amide bonds. The molecule has 0 aromatic rings. The Morgan fingerprint density at radius 1 is 0.765 bits per heavy atom. The van der Waals surface area contributed by atoms with Crippen molar-refractivity contribution in [3.05, 3.63) is 0 Å². The molecular formula is C15H24O2. The van der Waals surface area contributed by atoms with Gasteiger partial charge < -0.3 is 0 Å². The van der Waals surface area contributed by atoms with Gasteiger partial charge in [0.05, 0.1) is 0 Å². The van der Waals surface area contributed by atoms with Crippen molar-refractivity contribution in [2.45, 2.75) is 70.6 Å². The first-order valence-corrected chi connectivity index (χ1v) is 7.34. The number of Topliss-reactive ketones (excluding diaryl/α,β-unsaturated/α-hetero) is 2. The summed E-state index contributed by atoms with van der Waals surface area (Å²) in [6.07, 6.45) is 12.1. The Bertz CT molecular complexity index is 271. The quantitative estimate of drug-likeness (QED) is 0.698. The van der Waals surface area contributed by atoms with Gasteiger partial charge in [-0.05, 0) is 18.8 Å². The van der Waals surface area contributed by atoms with E-state index in [4.69, 9.17) is 0 Å². The van der Waals surface area contributed by atoms with E-state index in [1.165, 1.54) is 25.7 Å². The zero-order chi connectivity index (χ0) is 12.1. The topological polar surface area (TPSA) is 34.1 Å². The van der Waals surface area contributed by atoms with E-state index in [9.17, 15) is 9.59 Å². The van der Waals surface area contributed by atoms with E-state index in [0.29, 0.717) is 12.3 Å². The molecule has 0 aliphatic heterocycles. The number of ketones is 2. The maximum atomic E-state index is 12.0. The summed E-state index contributed by atoms with van der Waals surface area (Å²) in [5, 5.41) is 0. The molecule has 2 rings (SSSR count). The van der Waals surface area contributed by atoms with Gasteiger partial charge in [0.2, 0.25) is 5.78 Å². The molecule has 17 heavy (non-hydrogen) atoms. The van der Waals surface area contributed by atoms with Crippen molar-refractivity contribution in [3.63, 3.8) is 0 Å². The normalized spacial score (nSPS) is 23.5. The first-order chi connectivity index (χ1) is 8.27. The van der Waals surface area contributed by atoms with Gasteiger partial charge in [0.15, 0.2) is 5.78 Å². The summed E-state index contributed by atoms with van der Waals surface area (Å²) in [6, 6.07) is 0. The number of carbonyl (C=O) groups is 2. The van der Waals surface area contributed by atoms with Crippen LogP contribution >= 0.6 is 0 Å². The number of hydrogen-bond donors (Lipinski definition) is 0. The van der Waals surface area contributed by atoms with Gasteiger partial charge in [-0.3, -0.25) is 9.59 Å². The Morgan fingerprint density at radius 3 is 1.88 bits per heavy atom. The van der Waals surface area contributed by atoms with Crippen LogP contribution < -0.4 is 0 Å². The lowest BCUT2D eigenvalue weighted by Gasteiger charge is -2.23. The van der Waals surface area contributed by atoms with Crippen molar-refractivity contribution in [1.82, 2.24) is 0 Å². The van der Waals surface area contributed by atoms with Gasteiger partial charge in [-0.1, -0.05) is 51.4 Å². The molecule has 2 heteroatoms. The van der Waals surface area contributed by atoms with Crippen LogP contribution in [-0.2, 0) is 9.59 Å². The van der Waals surface area contributed by atoms with Crippen LogP contribution in [0.1, 0.15) is 70.6 Å². The molecule has 2 nitrogen and oxygen atoms in total. The maximum absolute atomic E-state index is 12.0. The fourth-order valence-electron chi connectivity index (χ4n) is 3.35. The maximum Gasteiger partial charge on any atom is 0.201 e.